The van der Waals surface area contributed by atoms with Crippen molar-refractivity contribution in [3.8, 4) is 5.75 Å². The van der Waals surface area contributed by atoms with E-state index in [1.54, 1.807) is 7.11 Å². The molecule has 17 heavy (non-hydrogen) atoms. The Hall–Kier alpha value is -0.670. The van der Waals surface area contributed by atoms with Crippen molar-refractivity contribution in [2.75, 3.05) is 18.6 Å². The van der Waals surface area contributed by atoms with Crippen LogP contribution in [0.15, 0.2) is 24.3 Å². The molecule has 1 aliphatic rings. The monoisotopic (exact) mass is 251 g/mol. The van der Waals surface area contributed by atoms with Crippen LogP contribution in [0.3, 0.4) is 0 Å². The van der Waals surface area contributed by atoms with Gasteiger partial charge in [0.05, 0.1) is 7.11 Å². The zero-order chi connectivity index (χ0) is 12.1. The van der Waals surface area contributed by atoms with Crippen LogP contribution in [0, 0.1) is 0 Å². The van der Waals surface area contributed by atoms with E-state index in [1.807, 2.05) is 12.1 Å². The van der Waals surface area contributed by atoms with E-state index < -0.39 is 0 Å². The third-order valence-electron chi connectivity index (χ3n) is 3.32. The van der Waals surface area contributed by atoms with Crippen LogP contribution in [-0.4, -0.2) is 24.7 Å². The molecule has 2 nitrogen and oxygen atoms in total. The number of hydrogen-bond acceptors (Lipinski definition) is 3. The van der Waals surface area contributed by atoms with Gasteiger partial charge in [-0.2, -0.15) is 11.8 Å². The van der Waals surface area contributed by atoms with Gasteiger partial charge in [0.25, 0.3) is 0 Å². The predicted octanol–water partition coefficient (Wildman–Crippen LogP) is 3.24. The van der Waals surface area contributed by atoms with E-state index in [4.69, 9.17) is 4.74 Å². The molecule has 0 spiro atoms. The third-order valence-corrected chi connectivity index (χ3v) is 4.37. The van der Waals surface area contributed by atoms with E-state index in [2.05, 4.69) is 36.1 Å². The van der Waals surface area contributed by atoms with Crippen molar-refractivity contribution in [3.05, 3.63) is 29.8 Å². The Kier molecular flexibility index (Phi) is 4.75. The fourth-order valence-electron chi connectivity index (χ4n) is 2.21. The Labute approximate surface area is 108 Å². The van der Waals surface area contributed by atoms with Crippen molar-refractivity contribution < 1.29 is 4.74 Å². The van der Waals surface area contributed by atoms with E-state index in [-0.39, 0.29) is 0 Å². The molecule has 0 amide bonds. The van der Waals surface area contributed by atoms with Gasteiger partial charge in [0.2, 0.25) is 0 Å². The fraction of sp³-hybridized carbons (Fsp3) is 0.571. The maximum absolute atomic E-state index is 5.18. The Morgan fingerprint density at radius 2 is 1.88 bits per heavy atom. The molecule has 1 aliphatic heterocycles. The standard InChI is InChI=1S/C14H21NOS/c1-11(15-13-7-9-17-10-8-13)12-3-5-14(16-2)6-4-12/h3-6,11,13,15H,7-10H2,1-2H3/t11-/m1/s1. The second kappa shape index (κ2) is 6.31. The Balaban J connectivity index is 1.91. The van der Waals surface area contributed by atoms with Gasteiger partial charge in [-0.15, -0.1) is 0 Å². The number of benzene rings is 1. The molecule has 1 saturated heterocycles. The first-order chi connectivity index (χ1) is 8.29. The van der Waals surface area contributed by atoms with Crippen LogP contribution in [0.25, 0.3) is 0 Å². The van der Waals surface area contributed by atoms with Crippen LogP contribution >= 0.6 is 11.8 Å². The lowest BCUT2D eigenvalue weighted by atomic mass is 10.1. The lowest BCUT2D eigenvalue weighted by Gasteiger charge is -2.26. The molecular weight excluding hydrogens is 230 g/mol. The van der Waals surface area contributed by atoms with Crippen LogP contribution in [0.4, 0.5) is 0 Å². The normalized spacial score (nSPS) is 18.9. The number of nitrogens with one attached hydrogen (secondary N) is 1. The van der Waals surface area contributed by atoms with Gasteiger partial charge in [-0.05, 0) is 49.0 Å². The first kappa shape index (κ1) is 12.8. The molecule has 94 valence electrons. The zero-order valence-electron chi connectivity index (χ0n) is 10.6. The van der Waals surface area contributed by atoms with Crippen molar-refractivity contribution in [1.82, 2.24) is 5.32 Å². The van der Waals surface area contributed by atoms with Crippen molar-refractivity contribution in [3.63, 3.8) is 0 Å². The maximum Gasteiger partial charge on any atom is 0.118 e. The number of ether oxygens (including phenoxy) is 1. The number of methoxy groups -OCH3 is 1. The Morgan fingerprint density at radius 1 is 1.24 bits per heavy atom. The van der Waals surface area contributed by atoms with Crippen LogP contribution in [0.5, 0.6) is 5.75 Å². The SMILES string of the molecule is COc1ccc([C@@H](C)NC2CCSCC2)cc1. The van der Waals surface area contributed by atoms with Gasteiger partial charge in [0.15, 0.2) is 0 Å². The van der Waals surface area contributed by atoms with Gasteiger partial charge in [-0.25, -0.2) is 0 Å². The average molecular weight is 251 g/mol. The summed E-state index contributed by atoms with van der Waals surface area (Å²) in [5.41, 5.74) is 1.34. The average Bonchev–Trinajstić information content (AvgIpc) is 2.40. The fourth-order valence-corrected chi connectivity index (χ4v) is 3.31. The molecule has 1 heterocycles. The summed E-state index contributed by atoms with van der Waals surface area (Å²) in [6.45, 7) is 2.24. The largest absolute Gasteiger partial charge is 0.497 e. The summed E-state index contributed by atoms with van der Waals surface area (Å²) in [6, 6.07) is 9.47. The summed E-state index contributed by atoms with van der Waals surface area (Å²) in [4.78, 5) is 0. The Bertz CT molecular complexity index is 333. The topological polar surface area (TPSA) is 21.3 Å². The van der Waals surface area contributed by atoms with Crippen LogP contribution < -0.4 is 10.1 Å². The molecule has 0 saturated carbocycles. The minimum absolute atomic E-state index is 0.425. The van der Waals surface area contributed by atoms with Crippen molar-refractivity contribution in [2.45, 2.75) is 31.8 Å². The molecular formula is C14H21NOS. The molecule has 1 aromatic carbocycles. The maximum atomic E-state index is 5.18. The highest BCUT2D eigenvalue weighted by atomic mass is 32.2. The van der Waals surface area contributed by atoms with Crippen LogP contribution in [-0.2, 0) is 0 Å². The Morgan fingerprint density at radius 3 is 2.47 bits per heavy atom. The molecule has 0 aliphatic carbocycles. The van der Waals surface area contributed by atoms with Gasteiger partial charge in [0.1, 0.15) is 5.75 Å². The van der Waals surface area contributed by atoms with Crippen LogP contribution in [0.2, 0.25) is 0 Å². The molecule has 1 N–H and O–H groups in total. The number of hydrogen-bond donors (Lipinski definition) is 1. The lowest BCUT2D eigenvalue weighted by molar-refractivity contribution is 0.412. The predicted molar refractivity (Wildman–Crippen MR) is 74.9 cm³/mol. The summed E-state index contributed by atoms with van der Waals surface area (Å²) >= 11 is 2.07. The second-order valence-corrected chi connectivity index (χ2v) is 5.77. The van der Waals surface area contributed by atoms with Gasteiger partial charge < -0.3 is 10.1 Å². The van der Waals surface area contributed by atoms with Crippen LogP contribution in [0.1, 0.15) is 31.4 Å². The quantitative estimate of drug-likeness (QED) is 0.887. The first-order valence-corrected chi connectivity index (χ1v) is 7.43. The molecule has 1 fully saturated rings. The second-order valence-electron chi connectivity index (χ2n) is 4.55. The van der Waals surface area contributed by atoms with Crippen molar-refractivity contribution in [2.24, 2.45) is 0 Å². The third kappa shape index (κ3) is 3.65. The molecule has 3 heteroatoms. The lowest BCUT2D eigenvalue weighted by Crippen LogP contribution is -2.34. The first-order valence-electron chi connectivity index (χ1n) is 6.27. The van der Waals surface area contributed by atoms with Crippen molar-refractivity contribution in [1.29, 1.82) is 0 Å². The minimum Gasteiger partial charge on any atom is -0.497 e. The van der Waals surface area contributed by atoms with Gasteiger partial charge in [0, 0.05) is 12.1 Å². The van der Waals surface area contributed by atoms with E-state index in [0.717, 1.165) is 5.75 Å². The smallest absolute Gasteiger partial charge is 0.118 e. The van der Waals surface area contributed by atoms with E-state index >= 15 is 0 Å². The highest BCUT2D eigenvalue weighted by molar-refractivity contribution is 7.99. The minimum atomic E-state index is 0.425. The molecule has 1 aromatic rings. The molecule has 0 aromatic heterocycles. The van der Waals surface area contributed by atoms with Gasteiger partial charge in [-0.3, -0.25) is 0 Å². The van der Waals surface area contributed by atoms with Gasteiger partial charge in [-0.1, -0.05) is 12.1 Å². The van der Waals surface area contributed by atoms with E-state index in [0.29, 0.717) is 12.1 Å². The highest BCUT2D eigenvalue weighted by Gasteiger charge is 2.16. The summed E-state index contributed by atoms with van der Waals surface area (Å²) < 4.78 is 5.18. The highest BCUT2D eigenvalue weighted by Crippen LogP contribution is 2.22. The van der Waals surface area contributed by atoms with E-state index in [9.17, 15) is 0 Å². The molecule has 0 unspecified atom stereocenters. The zero-order valence-corrected chi connectivity index (χ0v) is 11.4. The number of rotatable bonds is 4. The summed E-state index contributed by atoms with van der Waals surface area (Å²) in [7, 11) is 1.70. The molecule has 2 rings (SSSR count). The van der Waals surface area contributed by atoms with Gasteiger partial charge >= 0.3 is 0 Å². The molecule has 0 bridgehead atoms. The molecule has 1 atom stereocenters. The summed E-state index contributed by atoms with van der Waals surface area (Å²) in [5.74, 6) is 3.52. The number of thioether (sulfide) groups is 1. The van der Waals surface area contributed by atoms with E-state index in [1.165, 1.54) is 29.9 Å². The molecule has 0 radical (unpaired) electrons. The summed E-state index contributed by atoms with van der Waals surface area (Å²) in [5, 5.41) is 3.72. The summed E-state index contributed by atoms with van der Waals surface area (Å²) in [6.07, 6.45) is 2.59. The van der Waals surface area contributed by atoms with Crippen molar-refractivity contribution >= 4 is 11.8 Å².